The largest absolute Gasteiger partial charge is 0.276 e. The van der Waals surface area contributed by atoms with Gasteiger partial charge in [0, 0.05) is 28.9 Å². The first-order valence-electron chi connectivity index (χ1n) is 5.81. The fraction of sp³-hybridized carbons (Fsp3) is 0.154. The van der Waals surface area contributed by atoms with Crippen LogP contribution in [0.15, 0.2) is 24.5 Å². The van der Waals surface area contributed by atoms with Gasteiger partial charge >= 0.3 is 0 Å². The Morgan fingerprint density at radius 2 is 1.85 bits per heavy atom. The molecule has 0 radical (unpaired) electrons. The molecule has 0 spiro atoms. The summed E-state index contributed by atoms with van der Waals surface area (Å²) in [5.41, 5.74) is 1.68. The lowest BCUT2D eigenvalue weighted by Crippen LogP contribution is -1.91. The standard InChI is InChI=1S/C13H9F2IN4/c1-6-17-4-8(5-18-6)7-2-9(12(14)15)11-10(3-7)13(16)20-19-11/h2-5,12H,1H3,(H,19,20). The zero-order chi connectivity index (χ0) is 14.3. The van der Waals surface area contributed by atoms with Gasteiger partial charge in [-0.15, -0.1) is 0 Å². The van der Waals surface area contributed by atoms with Crippen LogP contribution in [0.3, 0.4) is 0 Å². The van der Waals surface area contributed by atoms with Gasteiger partial charge < -0.3 is 0 Å². The Morgan fingerprint density at radius 3 is 2.50 bits per heavy atom. The highest BCUT2D eigenvalue weighted by Gasteiger charge is 2.17. The average Bonchev–Trinajstić information content (AvgIpc) is 2.80. The fourth-order valence-corrected chi connectivity index (χ4v) is 2.54. The molecule has 0 aliphatic carbocycles. The van der Waals surface area contributed by atoms with Gasteiger partial charge in [-0.25, -0.2) is 18.7 Å². The summed E-state index contributed by atoms with van der Waals surface area (Å²) in [4.78, 5) is 8.19. The van der Waals surface area contributed by atoms with Crippen LogP contribution in [0.5, 0.6) is 0 Å². The Morgan fingerprint density at radius 1 is 1.15 bits per heavy atom. The van der Waals surface area contributed by atoms with Crippen LogP contribution in [0.4, 0.5) is 8.78 Å². The molecule has 0 saturated carbocycles. The molecule has 20 heavy (non-hydrogen) atoms. The van der Waals surface area contributed by atoms with Crippen LogP contribution in [0.25, 0.3) is 22.0 Å². The normalized spacial score (nSPS) is 11.4. The molecule has 0 aliphatic rings. The molecule has 7 heteroatoms. The first-order chi connectivity index (χ1) is 9.56. The molecule has 0 aliphatic heterocycles. The molecule has 0 fully saturated rings. The molecule has 2 heterocycles. The number of fused-ring (bicyclic) bond motifs is 1. The minimum absolute atomic E-state index is 0.0616. The molecule has 1 N–H and O–H groups in total. The Hall–Kier alpha value is -1.64. The van der Waals surface area contributed by atoms with Crippen molar-refractivity contribution in [3.63, 3.8) is 0 Å². The molecule has 102 valence electrons. The lowest BCUT2D eigenvalue weighted by molar-refractivity contribution is 0.153. The predicted molar refractivity (Wildman–Crippen MR) is 79.5 cm³/mol. The number of H-pyrrole nitrogens is 1. The van der Waals surface area contributed by atoms with Crippen molar-refractivity contribution >= 4 is 33.5 Å². The van der Waals surface area contributed by atoms with E-state index in [0.29, 0.717) is 31.6 Å². The minimum Gasteiger partial charge on any atom is -0.276 e. The highest BCUT2D eigenvalue weighted by atomic mass is 127. The molecule has 3 rings (SSSR count). The third-order valence-corrected chi connectivity index (χ3v) is 3.83. The molecule has 2 aromatic heterocycles. The number of rotatable bonds is 2. The van der Waals surface area contributed by atoms with Gasteiger partial charge in [0.2, 0.25) is 0 Å². The number of benzene rings is 1. The maximum Gasteiger partial charge on any atom is 0.265 e. The summed E-state index contributed by atoms with van der Waals surface area (Å²) in [5.74, 6) is 0.641. The number of aromatic amines is 1. The zero-order valence-corrected chi connectivity index (χ0v) is 12.5. The van der Waals surface area contributed by atoms with Gasteiger partial charge in [0.1, 0.15) is 9.53 Å². The van der Waals surface area contributed by atoms with Crippen molar-refractivity contribution in [2.75, 3.05) is 0 Å². The monoisotopic (exact) mass is 386 g/mol. The van der Waals surface area contributed by atoms with E-state index >= 15 is 0 Å². The molecule has 3 aromatic rings. The maximum atomic E-state index is 13.2. The highest BCUT2D eigenvalue weighted by molar-refractivity contribution is 14.1. The topological polar surface area (TPSA) is 54.5 Å². The number of hydrogen-bond acceptors (Lipinski definition) is 3. The SMILES string of the molecule is Cc1ncc(-c2cc(C(F)F)c3[nH]nc(I)c3c2)cn1. The lowest BCUT2D eigenvalue weighted by Gasteiger charge is -2.07. The van der Waals surface area contributed by atoms with Crippen molar-refractivity contribution in [1.29, 1.82) is 0 Å². The van der Waals surface area contributed by atoms with Crippen LogP contribution in [0.1, 0.15) is 17.8 Å². The van der Waals surface area contributed by atoms with Crippen molar-refractivity contribution in [2.45, 2.75) is 13.3 Å². The first kappa shape index (κ1) is 13.3. The van der Waals surface area contributed by atoms with E-state index in [-0.39, 0.29) is 5.56 Å². The van der Waals surface area contributed by atoms with E-state index in [1.165, 1.54) is 6.07 Å². The van der Waals surface area contributed by atoms with Crippen molar-refractivity contribution in [3.8, 4) is 11.1 Å². The fourth-order valence-electron chi connectivity index (χ4n) is 2.00. The second-order valence-corrected chi connectivity index (χ2v) is 5.34. The predicted octanol–water partition coefficient (Wildman–Crippen LogP) is 3.87. The van der Waals surface area contributed by atoms with E-state index in [9.17, 15) is 8.78 Å². The van der Waals surface area contributed by atoms with Crippen LogP contribution >= 0.6 is 22.6 Å². The van der Waals surface area contributed by atoms with Gasteiger partial charge in [-0.05, 0) is 47.2 Å². The van der Waals surface area contributed by atoms with Crippen LogP contribution < -0.4 is 0 Å². The highest BCUT2D eigenvalue weighted by Crippen LogP contribution is 2.33. The number of aryl methyl sites for hydroxylation is 1. The summed E-state index contributed by atoms with van der Waals surface area (Å²) < 4.78 is 27.0. The molecular weight excluding hydrogens is 377 g/mol. The number of alkyl halides is 2. The second kappa shape index (κ2) is 5.04. The van der Waals surface area contributed by atoms with Gasteiger partial charge in [-0.3, -0.25) is 5.10 Å². The van der Waals surface area contributed by atoms with E-state index in [1.807, 2.05) is 28.7 Å². The minimum atomic E-state index is -2.57. The third kappa shape index (κ3) is 2.26. The molecule has 0 bridgehead atoms. The van der Waals surface area contributed by atoms with Crippen LogP contribution in [-0.2, 0) is 0 Å². The Bertz CT molecular complexity index is 768. The Balaban J connectivity index is 2.26. The lowest BCUT2D eigenvalue weighted by atomic mass is 10.0. The summed E-state index contributed by atoms with van der Waals surface area (Å²) in [6.45, 7) is 1.77. The maximum absolute atomic E-state index is 13.2. The summed E-state index contributed by atoms with van der Waals surface area (Å²) in [5, 5.41) is 7.32. The van der Waals surface area contributed by atoms with Crippen LogP contribution in [-0.4, -0.2) is 20.2 Å². The van der Waals surface area contributed by atoms with Gasteiger partial charge in [0.05, 0.1) is 5.52 Å². The van der Waals surface area contributed by atoms with Crippen LogP contribution in [0.2, 0.25) is 0 Å². The number of nitrogens with zero attached hydrogens (tertiary/aromatic N) is 3. The first-order valence-corrected chi connectivity index (χ1v) is 6.89. The van der Waals surface area contributed by atoms with E-state index in [0.717, 1.165) is 0 Å². The summed E-state index contributed by atoms with van der Waals surface area (Å²) in [6.07, 6.45) is 0.692. The quantitative estimate of drug-likeness (QED) is 0.681. The summed E-state index contributed by atoms with van der Waals surface area (Å²) >= 11 is 2.02. The summed E-state index contributed by atoms with van der Waals surface area (Å²) in [7, 11) is 0. The van der Waals surface area contributed by atoms with E-state index in [4.69, 9.17) is 0 Å². The number of hydrogen-bond donors (Lipinski definition) is 1. The van der Waals surface area contributed by atoms with Crippen molar-refractivity contribution in [2.24, 2.45) is 0 Å². The van der Waals surface area contributed by atoms with E-state index in [1.54, 1.807) is 19.3 Å². The summed E-state index contributed by atoms with van der Waals surface area (Å²) in [6, 6.07) is 3.27. The average molecular weight is 386 g/mol. The van der Waals surface area contributed by atoms with Gasteiger partial charge in [-0.2, -0.15) is 5.10 Å². The van der Waals surface area contributed by atoms with E-state index < -0.39 is 6.43 Å². The second-order valence-electron chi connectivity index (χ2n) is 4.32. The molecule has 0 amide bonds. The molecule has 1 aromatic carbocycles. The molecule has 0 saturated heterocycles. The molecular formula is C13H9F2IN4. The molecule has 4 nitrogen and oxygen atoms in total. The van der Waals surface area contributed by atoms with Crippen molar-refractivity contribution in [1.82, 2.24) is 20.2 Å². The number of halogens is 3. The van der Waals surface area contributed by atoms with Gasteiger partial charge in [-0.1, -0.05) is 0 Å². The molecule has 0 atom stereocenters. The zero-order valence-electron chi connectivity index (χ0n) is 10.4. The van der Waals surface area contributed by atoms with Crippen molar-refractivity contribution < 1.29 is 8.78 Å². The van der Waals surface area contributed by atoms with Gasteiger partial charge in [0.15, 0.2) is 0 Å². The number of nitrogens with one attached hydrogen (secondary N) is 1. The van der Waals surface area contributed by atoms with Gasteiger partial charge in [0.25, 0.3) is 6.43 Å². The van der Waals surface area contributed by atoms with E-state index in [2.05, 4.69) is 20.2 Å². The van der Waals surface area contributed by atoms with Crippen molar-refractivity contribution in [3.05, 3.63) is 39.6 Å². The smallest absolute Gasteiger partial charge is 0.265 e. The third-order valence-electron chi connectivity index (χ3n) is 3.01. The number of aromatic nitrogens is 4. The van der Waals surface area contributed by atoms with Crippen LogP contribution in [0, 0.1) is 10.6 Å². The Labute approximate surface area is 126 Å². The molecule has 0 unspecified atom stereocenters. The Kier molecular flexibility index (Phi) is 3.36.